The van der Waals surface area contributed by atoms with Gasteiger partial charge in [-0.15, -0.1) is 0 Å². The number of aryl methyl sites for hydroxylation is 1. The van der Waals surface area contributed by atoms with E-state index in [0.717, 1.165) is 49.2 Å². The Morgan fingerprint density at radius 1 is 1.06 bits per heavy atom. The monoisotopic (exact) mass is 448 g/mol. The summed E-state index contributed by atoms with van der Waals surface area (Å²) in [6, 6.07) is 12.8. The number of fused-ring (bicyclic) bond motifs is 2. The first-order valence-electron chi connectivity index (χ1n) is 12.5. The molecule has 0 aromatic heterocycles. The molecule has 4 heteroatoms. The van der Waals surface area contributed by atoms with Crippen molar-refractivity contribution >= 4 is 5.97 Å². The third-order valence-corrected chi connectivity index (χ3v) is 8.86. The summed E-state index contributed by atoms with van der Waals surface area (Å²) in [6.07, 6.45) is 8.54. The lowest BCUT2D eigenvalue weighted by atomic mass is 9.52. The average molecular weight is 449 g/mol. The van der Waals surface area contributed by atoms with Gasteiger partial charge in [0.05, 0.1) is 13.0 Å². The van der Waals surface area contributed by atoms with Gasteiger partial charge in [-0.2, -0.15) is 0 Å². The van der Waals surface area contributed by atoms with Crippen LogP contribution in [0.15, 0.2) is 36.4 Å². The molecule has 0 saturated heterocycles. The highest BCUT2D eigenvalue weighted by Crippen LogP contribution is 2.56. The van der Waals surface area contributed by atoms with E-state index in [9.17, 15) is 9.90 Å². The first kappa shape index (κ1) is 22.3. The topological polar surface area (TPSA) is 55.8 Å². The van der Waals surface area contributed by atoms with Crippen molar-refractivity contribution in [2.75, 3.05) is 7.11 Å². The highest BCUT2D eigenvalue weighted by Gasteiger charge is 2.53. The van der Waals surface area contributed by atoms with Gasteiger partial charge in [0.1, 0.15) is 18.1 Å². The molecule has 0 aliphatic heterocycles. The Morgan fingerprint density at radius 3 is 2.58 bits per heavy atom. The van der Waals surface area contributed by atoms with Crippen LogP contribution in [-0.2, 0) is 23.2 Å². The van der Waals surface area contributed by atoms with Crippen LogP contribution in [0.5, 0.6) is 11.5 Å². The van der Waals surface area contributed by atoms with Gasteiger partial charge in [-0.05, 0) is 103 Å². The van der Waals surface area contributed by atoms with Crippen molar-refractivity contribution in [3.8, 4) is 11.5 Å². The maximum Gasteiger partial charge on any atom is 0.307 e. The molecule has 3 aliphatic rings. The number of rotatable bonds is 6. The van der Waals surface area contributed by atoms with E-state index in [-0.39, 0.29) is 16.7 Å². The van der Waals surface area contributed by atoms with Crippen LogP contribution in [0.2, 0.25) is 0 Å². The summed E-state index contributed by atoms with van der Waals surface area (Å²) in [5.41, 5.74) is 5.04. The first-order chi connectivity index (χ1) is 15.8. The Kier molecular flexibility index (Phi) is 5.66. The molecule has 3 unspecified atom stereocenters. The van der Waals surface area contributed by atoms with Crippen LogP contribution in [0.4, 0.5) is 0 Å². The second-order valence-corrected chi connectivity index (χ2v) is 11.1. The van der Waals surface area contributed by atoms with Gasteiger partial charge in [-0.3, -0.25) is 4.79 Å². The van der Waals surface area contributed by atoms with Crippen LogP contribution in [0.25, 0.3) is 0 Å². The summed E-state index contributed by atoms with van der Waals surface area (Å²) in [7, 11) is 1.75. The van der Waals surface area contributed by atoms with E-state index in [1.54, 1.807) is 7.11 Å². The largest absolute Gasteiger partial charge is 0.496 e. The van der Waals surface area contributed by atoms with Gasteiger partial charge in [0.25, 0.3) is 0 Å². The van der Waals surface area contributed by atoms with E-state index in [1.165, 1.54) is 36.0 Å². The van der Waals surface area contributed by atoms with Crippen LogP contribution in [0.3, 0.4) is 0 Å². The molecule has 2 saturated carbocycles. The summed E-state index contributed by atoms with van der Waals surface area (Å²) in [4.78, 5) is 11.9. The van der Waals surface area contributed by atoms with Crippen LogP contribution >= 0.6 is 0 Å². The molecule has 4 nitrogen and oxygen atoms in total. The van der Waals surface area contributed by atoms with Crippen molar-refractivity contribution in [2.45, 2.75) is 83.2 Å². The summed E-state index contributed by atoms with van der Waals surface area (Å²) >= 11 is 0. The Labute approximate surface area is 197 Å². The van der Waals surface area contributed by atoms with Crippen LogP contribution in [0, 0.1) is 11.3 Å². The zero-order chi connectivity index (χ0) is 23.2. The summed E-state index contributed by atoms with van der Waals surface area (Å²) in [5.74, 6) is 1.40. The molecule has 33 heavy (non-hydrogen) atoms. The van der Waals surface area contributed by atoms with Gasteiger partial charge >= 0.3 is 5.97 Å². The van der Waals surface area contributed by atoms with Gasteiger partial charge in [0.15, 0.2) is 0 Å². The van der Waals surface area contributed by atoms with Gasteiger partial charge < -0.3 is 14.6 Å². The highest BCUT2D eigenvalue weighted by atomic mass is 16.5. The van der Waals surface area contributed by atoms with Crippen molar-refractivity contribution in [1.29, 1.82) is 0 Å². The Bertz CT molecular complexity index is 1060. The fourth-order valence-corrected chi connectivity index (χ4v) is 6.89. The van der Waals surface area contributed by atoms with Crippen molar-refractivity contribution in [3.63, 3.8) is 0 Å². The zero-order valence-corrected chi connectivity index (χ0v) is 20.2. The van der Waals surface area contributed by atoms with Crippen LogP contribution < -0.4 is 9.47 Å². The minimum atomic E-state index is -0.652. The number of benzene rings is 2. The number of ether oxygens (including phenoxy) is 2. The predicted molar refractivity (Wildman–Crippen MR) is 129 cm³/mol. The molecule has 2 fully saturated rings. The molecule has 176 valence electrons. The molecular formula is C29H36O4. The first-order valence-corrected chi connectivity index (χ1v) is 12.5. The molecule has 0 bridgehead atoms. The van der Waals surface area contributed by atoms with Gasteiger partial charge in [0, 0.05) is 5.41 Å². The SMILES string of the molecule is COc1ccc(COc2ccc3c(c2)C2(CCC3)CCC2C(=O)O)cc1C1CCCC1(C)C. The normalized spacial score (nSPS) is 27.6. The summed E-state index contributed by atoms with van der Waals surface area (Å²) in [6.45, 7) is 5.22. The van der Waals surface area contributed by atoms with Crippen molar-refractivity contribution in [2.24, 2.45) is 11.3 Å². The number of carbonyl (C=O) groups is 1. The number of hydrogen-bond donors (Lipinski definition) is 1. The lowest BCUT2D eigenvalue weighted by Gasteiger charge is -2.51. The van der Waals surface area contributed by atoms with Crippen LogP contribution in [0.1, 0.15) is 87.0 Å². The summed E-state index contributed by atoms with van der Waals surface area (Å²) < 4.78 is 12.0. The Morgan fingerprint density at radius 2 is 1.91 bits per heavy atom. The maximum atomic E-state index is 11.9. The fourth-order valence-electron chi connectivity index (χ4n) is 6.89. The fraction of sp³-hybridized carbons (Fsp3) is 0.552. The van der Waals surface area contributed by atoms with Crippen LogP contribution in [-0.4, -0.2) is 18.2 Å². The second kappa shape index (κ2) is 8.38. The van der Waals surface area contributed by atoms with Crippen molar-refractivity contribution in [3.05, 3.63) is 58.7 Å². The average Bonchev–Trinajstić information content (AvgIpc) is 3.14. The lowest BCUT2D eigenvalue weighted by Crippen LogP contribution is -2.50. The molecule has 3 atom stereocenters. The number of aliphatic carboxylic acids is 1. The highest BCUT2D eigenvalue weighted by molar-refractivity contribution is 5.74. The predicted octanol–water partition coefficient (Wildman–Crippen LogP) is 6.64. The van der Waals surface area contributed by atoms with E-state index in [1.807, 2.05) is 0 Å². The smallest absolute Gasteiger partial charge is 0.307 e. The number of methoxy groups -OCH3 is 1. The molecule has 5 rings (SSSR count). The molecule has 3 aliphatic carbocycles. The zero-order valence-electron chi connectivity index (χ0n) is 20.2. The third-order valence-electron chi connectivity index (χ3n) is 8.86. The molecule has 1 N–H and O–H groups in total. The number of carboxylic acid groups (broad SMARTS) is 1. The molecule has 0 radical (unpaired) electrons. The summed E-state index contributed by atoms with van der Waals surface area (Å²) in [5, 5.41) is 9.75. The lowest BCUT2D eigenvalue weighted by molar-refractivity contribution is -0.150. The maximum absolute atomic E-state index is 11.9. The molecule has 0 heterocycles. The minimum Gasteiger partial charge on any atom is -0.496 e. The van der Waals surface area contributed by atoms with E-state index in [2.05, 4.69) is 50.2 Å². The van der Waals surface area contributed by atoms with Gasteiger partial charge in [-0.25, -0.2) is 0 Å². The Hall–Kier alpha value is -2.49. The second-order valence-electron chi connectivity index (χ2n) is 11.1. The molecule has 1 spiro atoms. The van der Waals surface area contributed by atoms with E-state index in [4.69, 9.17) is 9.47 Å². The molecule has 0 amide bonds. The standard InChI is InChI=1S/C29H36O4/c1-28(2)13-5-7-23(28)22-16-19(8-11-26(22)32-3)18-33-21-10-9-20-6-4-14-29(25(20)17-21)15-12-24(29)27(30)31/h8-11,16-17,23-24H,4-7,12-15,18H2,1-3H3,(H,30,31). The van der Waals surface area contributed by atoms with E-state index >= 15 is 0 Å². The van der Waals surface area contributed by atoms with Crippen molar-refractivity contribution < 1.29 is 19.4 Å². The third kappa shape index (κ3) is 3.82. The molecule has 2 aromatic carbocycles. The minimum absolute atomic E-state index is 0.194. The molecule has 2 aromatic rings. The quantitative estimate of drug-likeness (QED) is 0.538. The van der Waals surface area contributed by atoms with Crippen molar-refractivity contribution in [1.82, 2.24) is 0 Å². The van der Waals surface area contributed by atoms with E-state index < -0.39 is 5.97 Å². The van der Waals surface area contributed by atoms with E-state index in [0.29, 0.717) is 12.5 Å². The van der Waals surface area contributed by atoms with Gasteiger partial charge in [-0.1, -0.05) is 32.4 Å². The molecular weight excluding hydrogens is 412 g/mol. The Balaban J connectivity index is 1.38. The van der Waals surface area contributed by atoms with Gasteiger partial charge in [0.2, 0.25) is 0 Å². The number of hydrogen-bond acceptors (Lipinski definition) is 3. The number of carboxylic acids is 1.